The molecular weight excluding hydrogens is 414 g/mol. The number of benzene rings is 1. The van der Waals surface area contributed by atoms with E-state index < -0.39 is 0 Å². The fourth-order valence-electron chi connectivity index (χ4n) is 1.67. The Morgan fingerprint density at radius 2 is 2.27 bits per heavy atom. The number of hydrogen-bond acceptors (Lipinski definition) is 4. The van der Waals surface area contributed by atoms with E-state index in [9.17, 15) is 4.79 Å². The molecule has 114 valence electrons. The van der Waals surface area contributed by atoms with Gasteiger partial charge in [-0.3, -0.25) is 9.78 Å². The number of rotatable bonds is 5. The summed E-state index contributed by atoms with van der Waals surface area (Å²) in [6, 6.07) is 7.40. The van der Waals surface area contributed by atoms with Crippen molar-refractivity contribution in [1.82, 2.24) is 10.4 Å². The zero-order valence-electron chi connectivity index (χ0n) is 11.7. The molecule has 1 aromatic carbocycles. The molecule has 2 rings (SSSR count). The number of carbonyl (C=O) groups is 1. The molecule has 1 amide bonds. The highest BCUT2D eigenvalue weighted by Crippen LogP contribution is 2.32. The highest BCUT2D eigenvalue weighted by molar-refractivity contribution is 9.11. The molecule has 0 atom stereocenters. The maximum absolute atomic E-state index is 11.7. The SMILES string of the molecule is Cc1cc(Br)cc(Br)c1OCC(=O)NN=Cc1cccnc1. The van der Waals surface area contributed by atoms with Crippen LogP contribution in [0.5, 0.6) is 5.75 Å². The maximum Gasteiger partial charge on any atom is 0.277 e. The number of amides is 1. The van der Waals surface area contributed by atoms with Crippen LogP contribution >= 0.6 is 31.9 Å². The molecule has 1 N–H and O–H groups in total. The zero-order chi connectivity index (χ0) is 15.9. The summed E-state index contributed by atoms with van der Waals surface area (Å²) in [5.41, 5.74) is 4.13. The van der Waals surface area contributed by atoms with Crippen molar-refractivity contribution < 1.29 is 9.53 Å². The Morgan fingerprint density at radius 1 is 1.45 bits per heavy atom. The van der Waals surface area contributed by atoms with E-state index in [0.29, 0.717) is 5.75 Å². The minimum absolute atomic E-state index is 0.120. The standard InChI is InChI=1S/C15H13Br2N3O2/c1-10-5-12(16)6-13(17)15(10)22-9-14(21)20-19-8-11-3-2-4-18-7-11/h2-8H,9H2,1H3,(H,20,21). The summed E-state index contributed by atoms with van der Waals surface area (Å²) in [6.07, 6.45) is 4.84. The third kappa shape index (κ3) is 4.92. The summed E-state index contributed by atoms with van der Waals surface area (Å²) < 4.78 is 7.24. The second-order valence-corrected chi connectivity index (χ2v) is 6.17. The van der Waals surface area contributed by atoms with Gasteiger partial charge in [-0.1, -0.05) is 22.0 Å². The van der Waals surface area contributed by atoms with Crippen LogP contribution in [0.2, 0.25) is 0 Å². The van der Waals surface area contributed by atoms with Gasteiger partial charge in [-0.15, -0.1) is 0 Å². The minimum atomic E-state index is -0.339. The monoisotopic (exact) mass is 425 g/mol. The molecule has 0 aliphatic rings. The Bertz CT molecular complexity index is 667. The second-order valence-electron chi connectivity index (χ2n) is 4.40. The molecule has 0 unspecified atom stereocenters. The first kappa shape index (κ1) is 16.6. The van der Waals surface area contributed by atoms with Crippen molar-refractivity contribution in [2.45, 2.75) is 6.92 Å². The van der Waals surface area contributed by atoms with Crippen LogP contribution in [0.4, 0.5) is 0 Å². The lowest BCUT2D eigenvalue weighted by Gasteiger charge is -2.10. The molecule has 0 radical (unpaired) electrons. The predicted octanol–water partition coefficient (Wildman–Crippen LogP) is 3.44. The van der Waals surface area contributed by atoms with Gasteiger partial charge < -0.3 is 4.74 Å². The number of ether oxygens (including phenoxy) is 1. The van der Waals surface area contributed by atoms with E-state index in [1.807, 2.05) is 25.1 Å². The van der Waals surface area contributed by atoms with Crippen molar-refractivity contribution in [3.05, 3.63) is 56.7 Å². The second kappa shape index (κ2) is 8.05. The third-order valence-corrected chi connectivity index (χ3v) is 3.68. The largest absolute Gasteiger partial charge is 0.482 e. The average Bonchev–Trinajstić information content (AvgIpc) is 2.47. The molecule has 7 heteroatoms. The van der Waals surface area contributed by atoms with Gasteiger partial charge in [-0.05, 0) is 46.6 Å². The van der Waals surface area contributed by atoms with Crippen LogP contribution in [-0.4, -0.2) is 23.7 Å². The van der Waals surface area contributed by atoms with Crippen LogP contribution in [0.15, 0.2) is 50.7 Å². The fourth-order valence-corrected chi connectivity index (χ4v) is 3.23. The summed E-state index contributed by atoms with van der Waals surface area (Å²) in [4.78, 5) is 15.7. The lowest BCUT2D eigenvalue weighted by atomic mass is 10.2. The van der Waals surface area contributed by atoms with Crippen molar-refractivity contribution in [3.8, 4) is 5.75 Å². The van der Waals surface area contributed by atoms with Crippen LogP contribution < -0.4 is 10.2 Å². The molecule has 0 bridgehead atoms. The number of carbonyl (C=O) groups excluding carboxylic acids is 1. The number of nitrogens with one attached hydrogen (secondary N) is 1. The Kier molecular flexibility index (Phi) is 6.09. The molecule has 0 aliphatic carbocycles. The van der Waals surface area contributed by atoms with Crippen LogP contribution in [-0.2, 0) is 4.79 Å². The summed E-state index contributed by atoms with van der Waals surface area (Å²) >= 11 is 6.80. The van der Waals surface area contributed by atoms with Gasteiger partial charge in [-0.2, -0.15) is 5.10 Å². The molecule has 0 saturated heterocycles. The van der Waals surface area contributed by atoms with Gasteiger partial charge in [0.25, 0.3) is 5.91 Å². The van der Waals surface area contributed by atoms with Gasteiger partial charge in [0.15, 0.2) is 6.61 Å². The van der Waals surface area contributed by atoms with E-state index in [-0.39, 0.29) is 12.5 Å². The molecule has 2 aromatic rings. The number of nitrogens with zero attached hydrogens (tertiary/aromatic N) is 2. The van der Waals surface area contributed by atoms with E-state index in [1.165, 1.54) is 6.21 Å². The van der Waals surface area contributed by atoms with Gasteiger partial charge in [0.1, 0.15) is 5.75 Å². The Morgan fingerprint density at radius 3 is 2.95 bits per heavy atom. The van der Waals surface area contributed by atoms with E-state index in [1.54, 1.807) is 18.5 Å². The highest BCUT2D eigenvalue weighted by atomic mass is 79.9. The first-order valence-electron chi connectivity index (χ1n) is 6.36. The highest BCUT2D eigenvalue weighted by Gasteiger charge is 2.09. The van der Waals surface area contributed by atoms with Gasteiger partial charge in [-0.25, -0.2) is 5.43 Å². The topological polar surface area (TPSA) is 63.6 Å². The first-order valence-corrected chi connectivity index (χ1v) is 7.95. The van der Waals surface area contributed by atoms with Crippen LogP contribution in [0.3, 0.4) is 0 Å². The fraction of sp³-hybridized carbons (Fsp3) is 0.133. The minimum Gasteiger partial charge on any atom is -0.482 e. The lowest BCUT2D eigenvalue weighted by Crippen LogP contribution is -2.24. The van der Waals surface area contributed by atoms with Crippen molar-refractivity contribution in [2.75, 3.05) is 6.61 Å². The third-order valence-electron chi connectivity index (χ3n) is 2.63. The van der Waals surface area contributed by atoms with Crippen LogP contribution in [0.1, 0.15) is 11.1 Å². The molecule has 0 aliphatic heterocycles. The Labute approximate surface area is 145 Å². The summed E-state index contributed by atoms with van der Waals surface area (Å²) in [5.74, 6) is 0.295. The number of aromatic nitrogens is 1. The van der Waals surface area contributed by atoms with Crippen LogP contribution in [0.25, 0.3) is 0 Å². The van der Waals surface area contributed by atoms with Gasteiger partial charge in [0.05, 0.1) is 10.7 Å². The van der Waals surface area contributed by atoms with Crippen LogP contribution in [0, 0.1) is 6.92 Å². The van der Waals surface area contributed by atoms with Crippen molar-refractivity contribution in [2.24, 2.45) is 5.10 Å². The van der Waals surface area contributed by atoms with Gasteiger partial charge in [0.2, 0.25) is 0 Å². The predicted molar refractivity (Wildman–Crippen MR) is 92.0 cm³/mol. The quantitative estimate of drug-likeness (QED) is 0.588. The normalized spacial score (nSPS) is 10.7. The Balaban J connectivity index is 1.87. The lowest BCUT2D eigenvalue weighted by molar-refractivity contribution is -0.123. The number of pyridine rings is 1. The number of halogens is 2. The van der Waals surface area contributed by atoms with Gasteiger partial charge >= 0.3 is 0 Å². The molecule has 5 nitrogen and oxygen atoms in total. The van der Waals surface area contributed by atoms with E-state index in [4.69, 9.17) is 4.74 Å². The van der Waals surface area contributed by atoms with Crippen molar-refractivity contribution >= 4 is 44.0 Å². The summed E-state index contributed by atoms with van der Waals surface area (Å²) in [5, 5.41) is 3.85. The molecule has 1 heterocycles. The molecule has 1 aromatic heterocycles. The molecule has 0 spiro atoms. The van der Waals surface area contributed by atoms with Crippen molar-refractivity contribution in [3.63, 3.8) is 0 Å². The number of hydrazone groups is 1. The molecule has 0 fully saturated rings. The number of hydrogen-bond donors (Lipinski definition) is 1. The summed E-state index contributed by atoms with van der Waals surface area (Å²) in [7, 11) is 0. The molecular formula is C15H13Br2N3O2. The Hall–Kier alpha value is -1.73. The average molecular weight is 427 g/mol. The van der Waals surface area contributed by atoms with E-state index in [2.05, 4.69) is 47.4 Å². The zero-order valence-corrected chi connectivity index (χ0v) is 14.9. The summed E-state index contributed by atoms with van der Waals surface area (Å²) in [6.45, 7) is 1.79. The van der Waals surface area contributed by atoms with E-state index in [0.717, 1.165) is 20.1 Å². The van der Waals surface area contributed by atoms with E-state index >= 15 is 0 Å². The van der Waals surface area contributed by atoms with Crippen molar-refractivity contribution in [1.29, 1.82) is 0 Å². The first-order chi connectivity index (χ1) is 10.6. The molecule has 22 heavy (non-hydrogen) atoms. The smallest absolute Gasteiger partial charge is 0.277 e. The molecule has 0 saturated carbocycles. The maximum atomic E-state index is 11.7. The van der Waals surface area contributed by atoms with Gasteiger partial charge in [0, 0.05) is 22.4 Å². The number of aryl methyl sites for hydroxylation is 1.